The summed E-state index contributed by atoms with van der Waals surface area (Å²) in [5.41, 5.74) is 4.50. The summed E-state index contributed by atoms with van der Waals surface area (Å²) in [5.74, 6) is -0.303. The Labute approximate surface area is 211 Å². The van der Waals surface area contributed by atoms with Gasteiger partial charge in [-0.15, -0.1) is 0 Å². The molecule has 0 radical (unpaired) electrons. The first-order valence-corrected chi connectivity index (χ1v) is 11.8. The number of aromatic nitrogens is 2. The number of hydrogen-bond acceptors (Lipinski definition) is 5. The average Bonchev–Trinajstić information content (AvgIpc) is 3.22. The van der Waals surface area contributed by atoms with Gasteiger partial charge in [0.1, 0.15) is 5.82 Å². The van der Waals surface area contributed by atoms with Crippen LogP contribution < -0.4 is 16.0 Å². The summed E-state index contributed by atoms with van der Waals surface area (Å²) < 4.78 is 6.66. The Morgan fingerprint density at radius 3 is 2.28 bits per heavy atom. The number of carbonyl (C=O) groups is 3. The highest BCUT2D eigenvalue weighted by atomic mass is 16.5. The second-order valence-corrected chi connectivity index (χ2v) is 9.52. The summed E-state index contributed by atoms with van der Waals surface area (Å²) in [6.07, 6.45) is 0. The Hall–Kier alpha value is -4.14. The van der Waals surface area contributed by atoms with Crippen molar-refractivity contribution in [2.75, 3.05) is 23.8 Å². The van der Waals surface area contributed by atoms with Crippen molar-refractivity contribution in [3.63, 3.8) is 0 Å². The van der Waals surface area contributed by atoms with Crippen LogP contribution in [-0.4, -0.2) is 40.8 Å². The van der Waals surface area contributed by atoms with Gasteiger partial charge in [-0.05, 0) is 56.7 Å². The fraction of sp³-hybridized carbons (Fsp3) is 0.333. The van der Waals surface area contributed by atoms with Crippen molar-refractivity contribution < 1.29 is 19.1 Å². The van der Waals surface area contributed by atoms with E-state index in [0.717, 1.165) is 22.5 Å². The minimum atomic E-state index is -0.549. The van der Waals surface area contributed by atoms with E-state index in [-0.39, 0.29) is 18.6 Å². The Morgan fingerprint density at radius 1 is 0.972 bits per heavy atom. The van der Waals surface area contributed by atoms with Gasteiger partial charge in [0.2, 0.25) is 5.91 Å². The third-order valence-corrected chi connectivity index (χ3v) is 5.39. The zero-order chi connectivity index (χ0) is 26.5. The largest absolute Gasteiger partial charge is 0.462 e. The van der Waals surface area contributed by atoms with Crippen LogP contribution in [0.5, 0.6) is 0 Å². The van der Waals surface area contributed by atoms with Crippen molar-refractivity contribution in [1.29, 1.82) is 0 Å². The van der Waals surface area contributed by atoms with E-state index in [4.69, 9.17) is 9.84 Å². The van der Waals surface area contributed by atoms with Crippen LogP contribution in [-0.2, 0) is 14.9 Å². The predicted molar refractivity (Wildman–Crippen MR) is 140 cm³/mol. The van der Waals surface area contributed by atoms with Crippen molar-refractivity contribution in [3.8, 4) is 5.69 Å². The molecular formula is C27H33N5O4. The molecule has 0 atom stereocenters. The number of nitrogens with zero attached hydrogens (tertiary/aromatic N) is 2. The van der Waals surface area contributed by atoms with Crippen LogP contribution in [0.2, 0.25) is 0 Å². The molecule has 0 saturated heterocycles. The monoisotopic (exact) mass is 491 g/mol. The molecule has 0 fully saturated rings. The highest BCUT2D eigenvalue weighted by molar-refractivity contribution is 5.97. The number of benzene rings is 2. The molecule has 3 aromatic rings. The number of esters is 1. The first-order valence-electron chi connectivity index (χ1n) is 11.8. The molecule has 9 nitrogen and oxygen atoms in total. The van der Waals surface area contributed by atoms with Crippen LogP contribution in [0.15, 0.2) is 48.5 Å². The summed E-state index contributed by atoms with van der Waals surface area (Å²) in [4.78, 5) is 36.7. The first-order chi connectivity index (χ1) is 17.0. The number of hydrogen-bond donors (Lipinski definition) is 3. The lowest BCUT2D eigenvalue weighted by Crippen LogP contribution is -2.36. The average molecular weight is 492 g/mol. The van der Waals surface area contributed by atoms with E-state index >= 15 is 0 Å². The summed E-state index contributed by atoms with van der Waals surface area (Å²) in [6.45, 7) is 12.0. The van der Waals surface area contributed by atoms with Gasteiger partial charge >= 0.3 is 12.0 Å². The summed E-state index contributed by atoms with van der Waals surface area (Å²) in [7, 11) is 0. The molecular weight excluding hydrogens is 458 g/mol. The van der Waals surface area contributed by atoms with Crippen molar-refractivity contribution in [1.82, 2.24) is 15.1 Å². The number of rotatable bonds is 7. The molecule has 0 unspecified atom stereocenters. The quantitative estimate of drug-likeness (QED) is 0.414. The van der Waals surface area contributed by atoms with Gasteiger partial charge in [0.25, 0.3) is 0 Å². The van der Waals surface area contributed by atoms with Crippen LogP contribution in [0.1, 0.15) is 54.9 Å². The van der Waals surface area contributed by atoms with E-state index in [9.17, 15) is 14.4 Å². The molecule has 0 spiro atoms. The topological polar surface area (TPSA) is 114 Å². The van der Waals surface area contributed by atoms with E-state index in [1.165, 1.54) is 0 Å². The molecule has 0 aliphatic heterocycles. The van der Waals surface area contributed by atoms with Gasteiger partial charge in [-0.25, -0.2) is 14.3 Å². The zero-order valence-corrected chi connectivity index (χ0v) is 21.6. The normalized spacial score (nSPS) is 11.1. The van der Waals surface area contributed by atoms with Crippen LogP contribution in [0.25, 0.3) is 5.69 Å². The maximum atomic E-state index is 12.7. The van der Waals surface area contributed by atoms with E-state index in [1.807, 2.05) is 32.0 Å². The maximum Gasteiger partial charge on any atom is 0.338 e. The molecule has 0 saturated carbocycles. The summed E-state index contributed by atoms with van der Waals surface area (Å²) in [5, 5.41) is 12.8. The number of urea groups is 1. The Morgan fingerprint density at radius 2 is 1.67 bits per heavy atom. The first kappa shape index (κ1) is 26.5. The molecule has 9 heteroatoms. The van der Waals surface area contributed by atoms with Gasteiger partial charge in [0, 0.05) is 17.2 Å². The number of anilines is 2. The molecule has 1 aromatic heterocycles. The van der Waals surface area contributed by atoms with Crippen molar-refractivity contribution in [3.05, 3.63) is 70.9 Å². The molecule has 1 heterocycles. The van der Waals surface area contributed by atoms with Crippen molar-refractivity contribution in [2.24, 2.45) is 0 Å². The number of nitrogens with one attached hydrogen (secondary N) is 3. The standard InChI is InChI=1S/C27H33N5O4/c1-7-36-25(34)19-9-11-20(12-10-19)29-26(35)28-16-24(33)30-23-15-22(27(4,5)6)31-32(23)21-13-8-17(2)14-18(21)3/h8-15H,7,16H2,1-6H3,(H,30,33)(H2,28,29,35). The number of ether oxygens (including phenoxy) is 1. The van der Waals surface area contributed by atoms with Gasteiger partial charge in [0.05, 0.1) is 30.1 Å². The van der Waals surface area contributed by atoms with Gasteiger partial charge in [0.15, 0.2) is 0 Å². The Kier molecular flexibility index (Phi) is 8.14. The van der Waals surface area contributed by atoms with E-state index in [0.29, 0.717) is 17.1 Å². The Bertz CT molecular complexity index is 1260. The van der Waals surface area contributed by atoms with Gasteiger partial charge < -0.3 is 20.7 Å². The van der Waals surface area contributed by atoms with Crippen molar-refractivity contribution >= 4 is 29.4 Å². The SMILES string of the molecule is CCOC(=O)c1ccc(NC(=O)NCC(=O)Nc2cc(C(C)(C)C)nn2-c2ccc(C)cc2C)cc1. The van der Waals surface area contributed by atoms with Gasteiger partial charge in [-0.3, -0.25) is 4.79 Å². The second-order valence-electron chi connectivity index (χ2n) is 9.52. The van der Waals surface area contributed by atoms with Gasteiger partial charge in [-0.2, -0.15) is 5.10 Å². The van der Waals surface area contributed by atoms with E-state index < -0.39 is 17.9 Å². The molecule has 3 rings (SSSR count). The fourth-order valence-corrected chi connectivity index (χ4v) is 3.49. The van der Waals surface area contributed by atoms with Crippen LogP contribution in [0.4, 0.5) is 16.3 Å². The minimum Gasteiger partial charge on any atom is -0.462 e. The summed E-state index contributed by atoms with van der Waals surface area (Å²) in [6, 6.07) is 13.6. The predicted octanol–water partition coefficient (Wildman–Crippen LogP) is 4.72. The van der Waals surface area contributed by atoms with Crippen LogP contribution in [0.3, 0.4) is 0 Å². The molecule has 0 bridgehead atoms. The molecule has 2 aromatic carbocycles. The maximum absolute atomic E-state index is 12.7. The fourth-order valence-electron chi connectivity index (χ4n) is 3.49. The van der Waals surface area contributed by atoms with Crippen LogP contribution >= 0.6 is 0 Å². The molecule has 3 amide bonds. The molecule has 0 aliphatic rings. The molecule has 190 valence electrons. The highest BCUT2D eigenvalue weighted by Gasteiger charge is 2.22. The highest BCUT2D eigenvalue weighted by Crippen LogP contribution is 2.27. The molecule has 0 aliphatic carbocycles. The lowest BCUT2D eigenvalue weighted by molar-refractivity contribution is -0.115. The van der Waals surface area contributed by atoms with E-state index in [1.54, 1.807) is 35.9 Å². The number of aryl methyl sites for hydroxylation is 2. The minimum absolute atomic E-state index is 0.218. The number of amides is 3. The summed E-state index contributed by atoms with van der Waals surface area (Å²) >= 11 is 0. The van der Waals surface area contributed by atoms with Gasteiger partial charge in [-0.1, -0.05) is 38.5 Å². The third kappa shape index (κ3) is 6.71. The third-order valence-electron chi connectivity index (χ3n) is 5.39. The molecule has 36 heavy (non-hydrogen) atoms. The lowest BCUT2D eigenvalue weighted by Gasteiger charge is -2.14. The zero-order valence-electron chi connectivity index (χ0n) is 21.6. The van der Waals surface area contributed by atoms with E-state index in [2.05, 4.69) is 42.8 Å². The van der Waals surface area contributed by atoms with Crippen LogP contribution in [0, 0.1) is 13.8 Å². The molecule has 3 N–H and O–H groups in total. The lowest BCUT2D eigenvalue weighted by atomic mass is 9.92. The second kappa shape index (κ2) is 11.1. The smallest absolute Gasteiger partial charge is 0.338 e. The Balaban J connectivity index is 1.65. The van der Waals surface area contributed by atoms with Crippen molar-refractivity contribution in [2.45, 2.75) is 47.0 Å². The number of carbonyl (C=O) groups excluding carboxylic acids is 3.